The summed E-state index contributed by atoms with van der Waals surface area (Å²) in [7, 11) is 0. The van der Waals surface area contributed by atoms with Crippen molar-refractivity contribution in [3.8, 4) is 5.75 Å². The highest BCUT2D eigenvalue weighted by Gasteiger charge is 2.31. The van der Waals surface area contributed by atoms with Crippen LogP contribution in [0.15, 0.2) is 48.5 Å². The molecule has 3 rings (SSSR count). The number of hydrogen-bond acceptors (Lipinski definition) is 2. The van der Waals surface area contributed by atoms with Crippen molar-refractivity contribution in [2.24, 2.45) is 5.73 Å². The average Bonchev–Trinajstić information content (AvgIpc) is 2.53. The van der Waals surface area contributed by atoms with Crippen molar-refractivity contribution in [2.75, 3.05) is 0 Å². The Morgan fingerprint density at radius 3 is 2.38 bits per heavy atom. The summed E-state index contributed by atoms with van der Waals surface area (Å²) in [4.78, 5) is 0. The number of hydrogen-bond donors (Lipinski definition) is 1. The van der Waals surface area contributed by atoms with E-state index in [1.54, 1.807) is 0 Å². The summed E-state index contributed by atoms with van der Waals surface area (Å²) in [5, 5.41) is 0. The second-order valence-electron chi connectivity index (χ2n) is 5.95. The Labute approximate surface area is 126 Å². The minimum atomic E-state index is -0.0525. The molecular weight excluding hydrogens is 258 g/mol. The van der Waals surface area contributed by atoms with Gasteiger partial charge in [0.15, 0.2) is 0 Å². The van der Waals surface area contributed by atoms with Crippen LogP contribution in [0.25, 0.3) is 0 Å². The standard InChI is InChI=1S/C19H23NO/c1-3-14-8-10-15(11-9-14)21-18-12-13(2)16-6-4-5-7-17(16)19(18)20/h4-11,13,18-19H,3,12,20H2,1-2H3. The summed E-state index contributed by atoms with van der Waals surface area (Å²) >= 11 is 0. The van der Waals surface area contributed by atoms with E-state index in [-0.39, 0.29) is 12.1 Å². The highest BCUT2D eigenvalue weighted by molar-refractivity contribution is 5.37. The van der Waals surface area contributed by atoms with Crippen LogP contribution >= 0.6 is 0 Å². The molecule has 3 atom stereocenters. The maximum Gasteiger partial charge on any atom is 0.119 e. The second-order valence-corrected chi connectivity index (χ2v) is 5.95. The fourth-order valence-corrected chi connectivity index (χ4v) is 3.19. The molecule has 110 valence electrons. The average molecular weight is 281 g/mol. The number of benzene rings is 2. The summed E-state index contributed by atoms with van der Waals surface area (Å²) < 4.78 is 6.17. The quantitative estimate of drug-likeness (QED) is 0.915. The van der Waals surface area contributed by atoms with Gasteiger partial charge < -0.3 is 10.5 Å². The zero-order chi connectivity index (χ0) is 14.8. The fourth-order valence-electron chi connectivity index (χ4n) is 3.19. The Balaban J connectivity index is 1.80. The van der Waals surface area contributed by atoms with Crippen LogP contribution < -0.4 is 10.5 Å². The number of nitrogens with two attached hydrogens (primary N) is 1. The van der Waals surface area contributed by atoms with Gasteiger partial charge in [-0.1, -0.05) is 50.2 Å². The summed E-state index contributed by atoms with van der Waals surface area (Å²) in [5.41, 5.74) is 10.4. The SMILES string of the molecule is CCc1ccc(OC2CC(C)c3ccccc3C2N)cc1. The Morgan fingerprint density at radius 1 is 1.05 bits per heavy atom. The lowest BCUT2D eigenvalue weighted by Crippen LogP contribution is -2.37. The molecule has 0 saturated heterocycles. The first kappa shape index (κ1) is 14.2. The lowest BCUT2D eigenvalue weighted by Gasteiger charge is -2.35. The molecule has 0 spiro atoms. The van der Waals surface area contributed by atoms with Crippen LogP contribution in [0.4, 0.5) is 0 Å². The van der Waals surface area contributed by atoms with E-state index < -0.39 is 0 Å². The lowest BCUT2D eigenvalue weighted by atomic mass is 9.79. The van der Waals surface area contributed by atoms with Gasteiger partial charge >= 0.3 is 0 Å². The summed E-state index contributed by atoms with van der Waals surface area (Å²) in [5.74, 6) is 1.40. The van der Waals surface area contributed by atoms with Gasteiger partial charge in [-0.3, -0.25) is 0 Å². The molecule has 2 aromatic carbocycles. The molecule has 1 aliphatic rings. The van der Waals surface area contributed by atoms with Gasteiger partial charge in [-0.05, 0) is 47.6 Å². The Kier molecular flexibility index (Phi) is 3.98. The third-order valence-electron chi connectivity index (χ3n) is 4.49. The van der Waals surface area contributed by atoms with E-state index in [9.17, 15) is 0 Å². The maximum absolute atomic E-state index is 6.43. The van der Waals surface area contributed by atoms with Gasteiger partial charge in [0.25, 0.3) is 0 Å². The molecule has 2 heteroatoms. The summed E-state index contributed by atoms with van der Waals surface area (Å²) in [6, 6.07) is 16.8. The first-order chi connectivity index (χ1) is 10.2. The summed E-state index contributed by atoms with van der Waals surface area (Å²) in [6.45, 7) is 4.41. The molecule has 0 heterocycles. The molecule has 2 aromatic rings. The molecule has 0 radical (unpaired) electrons. The molecule has 21 heavy (non-hydrogen) atoms. The van der Waals surface area contributed by atoms with Crippen molar-refractivity contribution in [2.45, 2.75) is 44.8 Å². The van der Waals surface area contributed by atoms with E-state index in [0.717, 1.165) is 18.6 Å². The van der Waals surface area contributed by atoms with Gasteiger partial charge in [0.2, 0.25) is 0 Å². The molecule has 0 fully saturated rings. The van der Waals surface area contributed by atoms with Crippen molar-refractivity contribution in [3.63, 3.8) is 0 Å². The fraction of sp³-hybridized carbons (Fsp3) is 0.368. The number of fused-ring (bicyclic) bond motifs is 1. The molecule has 2 nitrogen and oxygen atoms in total. The van der Waals surface area contributed by atoms with Crippen molar-refractivity contribution in [1.29, 1.82) is 0 Å². The molecule has 0 bridgehead atoms. The van der Waals surface area contributed by atoms with Gasteiger partial charge in [0.05, 0.1) is 6.04 Å². The Bertz CT molecular complexity index is 605. The first-order valence-electron chi connectivity index (χ1n) is 7.79. The summed E-state index contributed by atoms with van der Waals surface area (Å²) in [6.07, 6.45) is 2.06. The van der Waals surface area contributed by atoms with Crippen LogP contribution in [0.5, 0.6) is 5.75 Å². The van der Waals surface area contributed by atoms with E-state index in [2.05, 4.69) is 62.4 Å². The van der Waals surface area contributed by atoms with E-state index in [0.29, 0.717) is 5.92 Å². The first-order valence-corrected chi connectivity index (χ1v) is 7.79. The molecule has 0 amide bonds. The van der Waals surface area contributed by atoms with Crippen LogP contribution in [0.2, 0.25) is 0 Å². The zero-order valence-corrected chi connectivity index (χ0v) is 12.8. The van der Waals surface area contributed by atoms with Crippen LogP contribution in [0.3, 0.4) is 0 Å². The van der Waals surface area contributed by atoms with Gasteiger partial charge in [-0.25, -0.2) is 0 Å². The molecule has 0 aliphatic heterocycles. The van der Waals surface area contributed by atoms with Gasteiger partial charge in [-0.2, -0.15) is 0 Å². The van der Waals surface area contributed by atoms with Gasteiger partial charge in [-0.15, -0.1) is 0 Å². The number of rotatable bonds is 3. The Morgan fingerprint density at radius 2 is 1.71 bits per heavy atom. The van der Waals surface area contributed by atoms with Crippen molar-refractivity contribution in [3.05, 3.63) is 65.2 Å². The van der Waals surface area contributed by atoms with Crippen molar-refractivity contribution < 1.29 is 4.74 Å². The van der Waals surface area contributed by atoms with E-state index in [1.165, 1.54) is 16.7 Å². The highest BCUT2D eigenvalue weighted by Crippen LogP contribution is 2.37. The molecule has 2 N–H and O–H groups in total. The lowest BCUT2D eigenvalue weighted by molar-refractivity contribution is 0.144. The van der Waals surface area contributed by atoms with Crippen molar-refractivity contribution >= 4 is 0 Å². The van der Waals surface area contributed by atoms with Gasteiger partial charge in [0.1, 0.15) is 11.9 Å². The topological polar surface area (TPSA) is 35.2 Å². The molecule has 3 unspecified atom stereocenters. The minimum absolute atomic E-state index is 0.0439. The minimum Gasteiger partial charge on any atom is -0.488 e. The molecule has 0 saturated carbocycles. The second kappa shape index (κ2) is 5.90. The highest BCUT2D eigenvalue weighted by atomic mass is 16.5. The molecule has 0 aromatic heterocycles. The predicted octanol–water partition coefficient (Wildman–Crippen LogP) is 4.20. The van der Waals surface area contributed by atoms with Gasteiger partial charge in [0, 0.05) is 0 Å². The third kappa shape index (κ3) is 2.81. The molecule has 1 aliphatic carbocycles. The maximum atomic E-state index is 6.43. The normalized spacial score (nSPS) is 24.4. The van der Waals surface area contributed by atoms with Crippen LogP contribution in [0.1, 0.15) is 48.9 Å². The Hall–Kier alpha value is -1.80. The van der Waals surface area contributed by atoms with E-state index in [1.807, 2.05) is 0 Å². The zero-order valence-electron chi connectivity index (χ0n) is 12.8. The van der Waals surface area contributed by atoms with E-state index >= 15 is 0 Å². The van der Waals surface area contributed by atoms with Crippen LogP contribution in [-0.4, -0.2) is 6.10 Å². The third-order valence-corrected chi connectivity index (χ3v) is 4.49. The van der Waals surface area contributed by atoms with Crippen LogP contribution in [-0.2, 0) is 6.42 Å². The van der Waals surface area contributed by atoms with Crippen molar-refractivity contribution in [1.82, 2.24) is 0 Å². The van der Waals surface area contributed by atoms with E-state index in [4.69, 9.17) is 10.5 Å². The number of aryl methyl sites for hydroxylation is 1. The number of ether oxygens (including phenoxy) is 1. The predicted molar refractivity (Wildman–Crippen MR) is 86.6 cm³/mol. The van der Waals surface area contributed by atoms with Crippen LogP contribution in [0, 0.1) is 0 Å². The largest absolute Gasteiger partial charge is 0.488 e. The monoisotopic (exact) mass is 281 g/mol. The molecular formula is C19H23NO. The smallest absolute Gasteiger partial charge is 0.119 e.